The zero-order valence-electron chi connectivity index (χ0n) is 13.5. The van der Waals surface area contributed by atoms with Gasteiger partial charge in [0.05, 0.1) is 20.5 Å². The average molecular weight is 342 g/mol. The van der Waals surface area contributed by atoms with E-state index in [0.717, 1.165) is 12.8 Å². The number of hydrogen-bond donors (Lipinski definition) is 1. The van der Waals surface area contributed by atoms with E-state index in [1.54, 1.807) is 18.2 Å². The molecule has 1 aromatic carbocycles. The SMILES string of the molecule is COc1ccc(NC(=O)CCN(C2CC2)S(C)(=O)=O)cc1OC. The third kappa shape index (κ3) is 4.84. The summed E-state index contributed by atoms with van der Waals surface area (Å²) in [4.78, 5) is 12.0. The van der Waals surface area contributed by atoms with Crippen molar-refractivity contribution in [3.8, 4) is 11.5 Å². The van der Waals surface area contributed by atoms with Gasteiger partial charge in [0.1, 0.15) is 0 Å². The number of nitrogens with one attached hydrogen (secondary N) is 1. The van der Waals surface area contributed by atoms with Crippen molar-refractivity contribution in [2.24, 2.45) is 0 Å². The van der Waals surface area contributed by atoms with E-state index in [1.165, 1.54) is 24.8 Å². The Bertz CT molecular complexity index is 670. The van der Waals surface area contributed by atoms with Crippen LogP contribution < -0.4 is 14.8 Å². The minimum atomic E-state index is -3.27. The largest absolute Gasteiger partial charge is 0.493 e. The molecule has 1 aromatic rings. The Morgan fingerprint density at radius 1 is 1.26 bits per heavy atom. The van der Waals surface area contributed by atoms with Crippen molar-refractivity contribution >= 4 is 21.6 Å². The minimum Gasteiger partial charge on any atom is -0.493 e. The average Bonchev–Trinajstić information content (AvgIpc) is 3.30. The molecule has 0 atom stereocenters. The lowest BCUT2D eigenvalue weighted by molar-refractivity contribution is -0.116. The molecule has 8 heteroatoms. The normalized spacial score (nSPS) is 14.6. The maximum atomic E-state index is 12.0. The molecule has 1 N–H and O–H groups in total. The summed E-state index contributed by atoms with van der Waals surface area (Å²) in [5.41, 5.74) is 0.574. The molecule has 2 rings (SSSR count). The number of sulfonamides is 1. The molecule has 1 amide bonds. The molecule has 7 nitrogen and oxygen atoms in total. The van der Waals surface area contributed by atoms with Crippen LogP contribution >= 0.6 is 0 Å². The number of benzene rings is 1. The second-order valence-corrected chi connectivity index (χ2v) is 7.41. The zero-order valence-corrected chi connectivity index (χ0v) is 14.4. The molecular weight excluding hydrogens is 320 g/mol. The summed E-state index contributed by atoms with van der Waals surface area (Å²) >= 11 is 0. The van der Waals surface area contributed by atoms with Gasteiger partial charge in [-0.05, 0) is 25.0 Å². The second-order valence-electron chi connectivity index (χ2n) is 5.47. The molecule has 0 spiro atoms. The van der Waals surface area contributed by atoms with Gasteiger partial charge in [0, 0.05) is 30.8 Å². The predicted molar refractivity (Wildman–Crippen MR) is 87.4 cm³/mol. The molecule has 0 saturated heterocycles. The fourth-order valence-corrected chi connectivity index (χ4v) is 3.51. The third-order valence-corrected chi connectivity index (χ3v) is 4.94. The maximum Gasteiger partial charge on any atom is 0.225 e. The van der Waals surface area contributed by atoms with Gasteiger partial charge in [0.15, 0.2) is 11.5 Å². The first-order valence-corrected chi connectivity index (χ1v) is 9.18. The third-order valence-electron chi connectivity index (χ3n) is 3.61. The van der Waals surface area contributed by atoms with Crippen LogP contribution in [0.2, 0.25) is 0 Å². The van der Waals surface area contributed by atoms with Crippen molar-refractivity contribution in [2.45, 2.75) is 25.3 Å². The monoisotopic (exact) mass is 342 g/mol. The smallest absolute Gasteiger partial charge is 0.225 e. The van der Waals surface area contributed by atoms with E-state index in [9.17, 15) is 13.2 Å². The number of rotatable bonds is 8. The van der Waals surface area contributed by atoms with E-state index in [1.807, 2.05) is 0 Å². The highest BCUT2D eigenvalue weighted by atomic mass is 32.2. The molecular formula is C15H22N2O5S. The van der Waals surface area contributed by atoms with Gasteiger partial charge in [-0.3, -0.25) is 4.79 Å². The van der Waals surface area contributed by atoms with Crippen LogP contribution in [0, 0.1) is 0 Å². The van der Waals surface area contributed by atoms with E-state index < -0.39 is 10.0 Å². The highest BCUT2D eigenvalue weighted by Crippen LogP contribution is 2.30. The molecule has 128 valence electrons. The molecule has 0 heterocycles. The summed E-state index contributed by atoms with van der Waals surface area (Å²) in [5, 5.41) is 2.74. The fraction of sp³-hybridized carbons (Fsp3) is 0.533. The quantitative estimate of drug-likeness (QED) is 0.773. The Kier molecular flexibility index (Phi) is 5.48. The highest BCUT2D eigenvalue weighted by molar-refractivity contribution is 7.88. The van der Waals surface area contributed by atoms with E-state index in [-0.39, 0.29) is 24.9 Å². The molecule has 1 fully saturated rings. The molecule has 1 saturated carbocycles. The Balaban J connectivity index is 1.94. The summed E-state index contributed by atoms with van der Waals surface area (Å²) in [5.74, 6) is 0.843. The summed E-state index contributed by atoms with van der Waals surface area (Å²) in [6, 6.07) is 5.11. The van der Waals surface area contributed by atoms with Crippen LogP contribution in [0.5, 0.6) is 11.5 Å². The van der Waals surface area contributed by atoms with Gasteiger partial charge in [0.25, 0.3) is 0 Å². The van der Waals surface area contributed by atoms with Gasteiger partial charge >= 0.3 is 0 Å². The van der Waals surface area contributed by atoms with E-state index in [0.29, 0.717) is 17.2 Å². The minimum absolute atomic E-state index is 0.0545. The maximum absolute atomic E-state index is 12.0. The molecule has 1 aliphatic rings. The fourth-order valence-electron chi connectivity index (χ4n) is 2.33. The number of carbonyl (C=O) groups excluding carboxylic acids is 1. The molecule has 0 aliphatic heterocycles. The number of ether oxygens (including phenoxy) is 2. The lowest BCUT2D eigenvalue weighted by Gasteiger charge is -2.19. The standard InChI is InChI=1S/C15H22N2O5S/c1-21-13-7-4-11(10-14(13)22-2)16-15(18)8-9-17(12-5-6-12)23(3,19)20/h4,7,10,12H,5-6,8-9H2,1-3H3,(H,16,18). The number of nitrogens with zero attached hydrogens (tertiary/aromatic N) is 1. The number of hydrogen-bond acceptors (Lipinski definition) is 5. The summed E-state index contributed by atoms with van der Waals surface area (Å²) < 4.78 is 35.1. The van der Waals surface area contributed by atoms with Crippen molar-refractivity contribution in [3.05, 3.63) is 18.2 Å². The van der Waals surface area contributed by atoms with E-state index in [4.69, 9.17) is 9.47 Å². The van der Waals surface area contributed by atoms with Gasteiger partial charge < -0.3 is 14.8 Å². The van der Waals surface area contributed by atoms with Crippen LogP contribution in [-0.2, 0) is 14.8 Å². The second kappa shape index (κ2) is 7.18. The topological polar surface area (TPSA) is 84.9 Å². The lowest BCUT2D eigenvalue weighted by Crippen LogP contribution is -2.34. The van der Waals surface area contributed by atoms with Crippen molar-refractivity contribution in [2.75, 3.05) is 32.3 Å². The molecule has 1 aliphatic carbocycles. The van der Waals surface area contributed by atoms with Crippen LogP contribution in [0.15, 0.2) is 18.2 Å². The molecule has 23 heavy (non-hydrogen) atoms. The van der Waals surface area contributed by atoms with Gasteiger partial charge in [0.2, 0.25) is 15.9 Å². The van der Waals surface area contributed by atoms with Gasteiger partial charge in [-0.2, -0.15) is 4.31 Å². The van der Waals surface area contributed by atoms with Crippen LogP contribution in [0.1, 0.15) is 19.3 Å². The number of amides is 1. The lowest BCUT2D eigenvalue weighted by atomic mass is 10.2. The predicted octanol–water partition coefficient (Wildman–Crippen LogP) is 1.46. The van der Waals surface area contributed by atoms with E-state index in [2.05, 4.69) is 5.32 Å². The number of carbonyl (C=O) groups is 1. The van der Waals surface area contributed by atoms with Crippen LogP contribution in [0.4, 0.5) is 5.69 Å². The summed E-state index contributed by atoms with van der Waals surface area (Å²) in [6.07, 6.45) is 3.02. The summed E-state index contributed by atoms with van der Waals surface area (Å²) in [7, 11) is -0.221. The first-order chi connectivity index (χ1) is 10.8. The van der Waals surface area contributed by atoms with Gasteiger partial charge in [-0.25, -0.2) is 8.42 Å². The Morgan fingerprint density at radius 3 is 2.43 bits per heavy atom. The first-order valence-electron chi connectivity index (χ1n) is 7.34. The number of anilines is 1. The molecule has 0 unspecified atom stereocenters. The van der Waals surface area contributed by atoms with Crippen LogP contribution in [0.25, 0.3) is 0 Å². The first kappa shape index (κ1) is 17.6. The van der Waals surface area contributed by atoms with Crippen LogP contribution in [-0.4, -0.2) is 51.7 Å². The Labute approximate surface area is 136 Å². The number of methoxy groups -OCH3 is 2. The van der Waals surface area contributed by atoms with Crippen molar-refractivity contribution in [1.82, 2.24) is 4.31 Å². The zero-order chi connectivity index (χ0) is 17.0. The highest BCUT2D eigenvalue weighted by Gasteiger charge is 2.34. The molecule has 0 bridgehead atoms. The van der Waals surface area contributed by atoms with Gasteiger partial charge in [-0.15, -0.1) is 0 Å². The van der Waals surface area contributed by atoms with E-state index >= 15 is 0 Å². The van der Waals surface area contributed by atoms with Crippen molar-refractivity contribution < 1.29 is 22.7 Å². The Morgan fingerprint density at radius 2 is 1.91 bits per heavy atom. The Hall–Kier alpha value is -1.80. The van der Waals surface area contributed by atoms with Gasteiger partial charge in [-0.1, -0.05) is 0 Å². The van der Waals surface area contributed by atoms with Crippen molar-refractivity contribution in [1.29, 1.82) is 0 Å². The molecule has 0 aromatic heterocycles. The summed E-state index contributed by atoms with van der Waals surface area (Å²) in [6.45, 7) is 0.197. The molecule has 0 radical (unpaired) electrons. The van der Waals surface area contributed by atoms with Crippen LogP contribution in [0.3, 0.4) is 0 Å². The van der Waals surface area contributed by atoms with Crippen molar-refractivity contribution in [3.63, 3.8) is 0 Å².